The second kappa shape index (κ2) is 5.96. The van der Waals surface area contributed by atoms with Crippen molar-refractivity contribution in [3.63, 3.8) is 0 Å². The molecule has 0 heterocycles. The van der Waals surface area contributed by atoms with E-state index in [1.807, 2.05) is 0 Å². The lowest BCUT2D eigenvalue weighted by atomic mass is 9.76. The average molecular weight is 261 g/mol. The molecule has 1 saturated carbocycles. The number of nitrogens with two attached hydrogens (primary N) is 1. The van der Waals surface area contributed by atoms with Crippen molar-refractivity contribution in [2.75, 3.05) is 18.6 Å². The molecule has 0 atom stereocenters. The van der Waals surface area contributed by atoms with Gasteiger partial charge in [0, 0.05) is 24.6 Å². The van der Waals surface area contributed by atoms with Gasteiger partial charge in [0.2, 0.25) is 0 Å². The minimum absolute atomic E-state index is 0.0480. The highest BCUT2D eigenvalue weighted by molar-refractivity contribution is 7.90. The summed E-state index contributed by atoms with van der Waals surface area (Å²) in [5, 5.41) is 0. The van der Waals surface area contributed by atoms with E-state index in [1.165, 1.54) is 6.26 Å². The summed E-state index contributed by atoms with van der Waals surface area (Å²) in [5.41, 5.74) is 5.33. The third-order valence-corrected chi connectivity index (χ3v) is 4.69. The van der Waals surface area contributed by atoms with Crippen LogP contribution in [-0.2, 0) is 14.6 Å². The van der Waals surface area contributed by atoms with Gasteiger partial charge in [-0.1, -0.05) is 25.7 Å². The minimum atomic E-state index is -3.06. The molecule has 1 fully saturated rings. The van der Waals surface area contributed by atoms with Gasteiger partial charge in [-0.2, -0.15) is 0 Å². The van der Waals surface area contributed by atoms with Crippen LogP contribution in [0.15, 0.2) is 0 Å². The molecular weight excluding hydrogens is 238 g/mol. The molecule has 0 amide bonds. The SMILES string of the molecule is CS(=O)(=O)CCC(=O)C1(CN)CCCCCC1. The number of sulfone groups is 1. The summed E-state index contributed by atoms with van der Waals surface area (Å²) in [7, 11) is -3.06. The summed E-state index contributed by atoms with van der Waals surface area (Å²) in [4.78, 5) is 12.2. The summed E-state index contributed by atoms with van der Waals surface area (Å²) in [6, 6.07) is 0. The van der Waals surface area contributed by atoms with Crippen molar-refractivity contribution in [3.05, 3.63) is 0 Å². The molecule has 0 aliphatic heterocycles. The number of hydrogen-bond acceptors (Lipinski definition) is 4. The highest BCUT2D eigenvalue weighted by Crippen LogP contribution is 2.35. The molecule has 4 nitrogen and oxygen atoms in total. The van der Waals surface area contributed by atoms with Gasteiger partial charge in [0.25, 0.3) is 0 Å². The predicted octanol–water partition coefficient (Wildman–Crippen LogP) is 1.29. The first kappa shape index (κ1) is 14.6. The van der Waals surface area contributed by atoms with Crippen molar-refractivity contribution in [2.24, 2.45) is 11.1 Å². The number of Topliss-reactive ketones (excluding diaryl/α,β-unsaturated/α-hetero) is 1. The van der Waals surface area contributed by atoms with Gasteiger partial charge < -0.3 is 5.73 Å². The van der Waals surface area contributed by atoms with E-state index in [0.29, 0.717) is 6.54 Å². The third kappa shape index (κ3) is 4.39. The Morgan fingerprint density at radius 2 is 1.71 bits per heavy atom. The van der Waals surface area contributed by atoms with Crippen LogP contribution >= 0.6 is 0 Å². The van der Waals surface area contributed by atoms with E-state index >= 15 is 0 Å². The van der Waals surface area contributed by atoms with Crippen LogP contribution in [0.25, 0.3) is 0 Å². The Bertz CT molecular complexity index is 354. The molecule has 5 heteroatoms. The van der Waals surface area contributed by atoms with Crippen molar-refractivity contribution in [2.45, 2.75) is 44.9 Å². The average Bonchev–Trinajstić information content (AvgIpc) is 2.51. The third-order valence-electron chi connectivity index (χ3n) is 3.74. The lowest BCUT2D eigenvalue weighted by Crippen LogP contribution is -2.39. The number of carbonyl (C=O) groups is 1. The van der Waals surface area contributed by atoms with Gasteiger partial charge in [0.05, 0.1) is 5.75 Å². The molecule has 0 unspecified atom stereocenters. The molecule has 17 heavy (non-hydrogen) atoms. The monoisotopic (exact) mass is 261 g/mol. The Morgan fingerprint density at radius 1 is 1.18 bits per heavy atom. The summed E-state index contributed by atoms with van der Waals surface area (Å²) >= 11 is 0. The van der Waals surface area contributed by atoms with E-state index in [9.17, 15) is 13.2 Å². The first-order chi connectivity index (χ1) is 7.90. The Morgan fingerprint density at radius 3 is 2.12 bits per heavy atom. The first-order valence-corrected chi connectivity index (χ1v) is 8.37. The Balaban J connectivity index is 2.67. The Hall–Kier alpha value is -0.420. The summed E-state index contributed by atoms with van der Waals surface area (Å²) < 4.78 is 22.2. The largest absolute Gasteiger partial charge is 0.329 e. The molecule has 1 rings (SSSR count). The predicted molar refractivity (Wildman–Crippen MR) is 68.5 cm³/mol. The Labute approximate surface area is 104 Å². The summed E-state index contributed by atoms with van der Waals surface area (Å²) in [6.45, 7) is 0.357. The van der Waals surface area contributed by atoms with Gasteiger partial charge >= 0.3 is 0 Å². The standard InChI is InChI=1S/C12H23NO3S/c1-17(15,16)9-6-11(14)12(10-13)7-4-2-3-5-8-12/h2-10,13H2,1H3. The van der Waals surface area contributed by atoms with E-state index < -0.39 is 15.3 Å². The highest BCUT2D eigenvalue weighted by atomic mass is 32.2. The number of rotatable bonds is 5. The van der Waals surface area contributed by atoms with E-state index in [0.717, 1.165) is 38.5 Å². The van der Waals surface area contributed by atoms with Crippen LogP contribution in [0.2, 0.25) is 0 Å². The maximum atomic E-state index is 12.2. The zero-order valence-electron chi connectivity index (χ0n) is 10.6. The van der Waals surface area contributed by atoms with E-state index in [4.69, 9.17) is 5.73 Å². The van der Waals surface area contributed by atoms with Crippen LogP contribution in [0.5, 0.6) is 0 Å². The quantitative estimate of drug-likeness (QED) is 0.756. The van der Waals surface area contributed by atoms with Crippen molar-refractivity contribution < 1.29 is 13.2 Å². The zero-order valence-corrected chi connectivity index (χ0v) is 11.4. The molecule has 0 aromatic heterocycles. The molecule has 2 N–H and O–H groups in total. The molecular formula is C12H23NO3S. The summed E-state index contributed by atoms with van der Waals surface area (Å²) in [5.74, 6) is 0.000417. The smallest absolute Gasteiger partial charge is 0.147 e. The Kier molecular flexibility index (Phi) is 5.13. The van der Waals surface area contributed by atoms with Gasteiger partial charge in [-0.25, -0.2) is 8.42 Å². The fraction of sp³-hybridized carbons (Fsp3) is 0.917. The highest BCUT2D eigenvalue weighted by Gasteiger charge is 2.36. The molecule has 100 valence electrons. The van der Waals surface area contributed by atoms with E-state index in [-0.39, 0.29) is 18.0 Å². The normalized spacial score (nSPS) is 20.8. The van der Waals surface area contributed by atoms with Crippen molar-refractivity contribution in [1.82, 2.24) is 0 Å². The molecule has 1 aliphatic rings. The second-order valence-electron chi connectivity index (χ2n) is 5.20. The van der Waals surface area contributed by atoms with Crippen molar-refractivity contribution in [1.29, 1.82) is 0 Å². The van der Waals surface area contributed by atoms with Gasteiger partial charge in [0.15, 0.2) is 0 Å². The van der Waals surface area contributed by atoms with Crippen LogP contribution in [0.4, 0.5) is 0 Å². The van der Waals surface area contributed by atoms with Gasteiger partial charge in [-0.05, 0) is 12.8 Å². The fourth-order valence-corrected chi connectivity index (χ4v) is 3.10. The number of hydrogen-bond donors (Lipinski definition) is 1. The van der Waals surface area contributed by atoms with Crippen LogP contribution in [0.3, 0.4) is 0 Å². The molecule has 0 aromatic carbocycles. The zero-order chi connectivity index (χ0) is 12.9. The number of carbonyl (C=O) groups excluding carboxylic acids is 1. The summed E-state index contributed by atoms with van der Waals surface area (Å²) in [6.07, 6.45) is 7.31. The van der Waals surface area contributed by atoms with Crippen LogP contribution < -0.4 is 5.73 Å². The van der Waals surface area contributed by atoms with Crippen LogP contribution in [0.1, 0.15) is 44.9 Å². The fourth-order valence-electron chi connectivity index (χ4n) is 2.55. The molecule has 0 saturated heterocycles. The van der Waals surface area contributed by atoms with E-state index in [2.05, 4.69) is 0 Å². The topological polar surface area (TPSA) is 77.2 Å². The molecule has 0 radical (unpaired) electrons. The molecule has 0 spiro atoms. The molecule has 0 aromatic rings. The molecule has 0 bridgehead atoms. The van der Waals surface area contributed by atoms with Crippen LogP contribution in [-0.4, -0.2) is 32.8 Å². The van der Waals surface area contributed by atoms with Gasteiger partial charge in [0.1, 0.15) is 15.6 Å². The van der Waals surface area contributed by atoms with Crippen LogP contribution in [0, 0.1) is 5.41 Å². The lowest BCUT2D eigenvalue weighted by Gasteiger charge is -2.29. The first-order valence-electron chi connectivity index (χ1n) is 6.31. The second-order valence-corrected chi connectivity index (χ2v) is 7.46. The lowest BCUT2D eigenvalue weighted by molar-refractivity contribution is -0.128. The maximum absolute atomic E-state index is 12.2. The molecule has 1 aliphatic carbocycles. The van der Waals surface area contributed by atoms with Crippen molar-refractivity contribution in [3.8, 4) is 0 Å². The van der Waals surface area contributed by atoms with E-state index in [1.54, 1.807) is 0 Å². The van der Waals surface area contributed by atoms with Gasteiger partial charge in [-0.3, -0.25) is 4.79 Å². The minimum Gasteiger partial charge on any atom is -0.329 e. The van der Waals surface area contributed by atoms with Gasteiger partial charge in [-0.15, -0.1) is 0 Å². The van der Waals surface area contributed by atoms with Crippen molar-refractivity contribution >= 4 is 15.6 Å². The number of ketones is 1. The maximum Gasteiger partial charge on any atom is 0.147 e.